The summed E-state index contributed by atoms with van der Waals surface area (Å²) >= 11 is 0. The van der Waals surface area contributed by atoms with Crippen molar-refractivity contribution in [3.05, 3.63) is 0 Å². The van der Waals surface area contributed by atoms with E-state index in [1.165, 1.54) is 89.9 Å². The van der Waals surface area contributed by atoms with E-state index in [-0.39, 0.29) is 214 Å². The van der Waals surface area contributed by atoms with Crippen LogP contribution in [0.1, 0.15) is 472 Å². The van der Waals surface area contributed by atoms with E-state index in [2.05, 4.69) is 20.8 Å². The van der Waals surface area contributed by atoms with Gasteiger partial charge in [0.1, 0.15) is 35.1 Å². The van der Waals surface area contributed by atoms with Gasteiger partial charge in [-0.25, -0.2) is 9.59 Å². The Kier molecular flexibility index (Phi) is 49.1. The van der Waals surface area contributed by atoms with Crippen LogP contribution in [0.2, 0.25) is 0 Å². The smallest absolute Gasteiger partial charge is 0.347 e. The maximum Gasteiger partial charge on any atom is 0.347 e. The first kappa shape index (κ1) is 133. The first-order chi connectivity index (χ1) is 59.0. The molecule has 0 spiro atoms. The summed E-state index contributed by atoms with van der Waals surface area (Å²) in [5, 5.41) is 21.3. The molecule has 10 atom stereocenters. The first-order valence-corrected chi connectivity index (χ1v) is 50.0. The molecule has 0 amide bonds. The van der Waals surface area contributed by atoms with Gasteiger partial charge in [-0.2, -0.15) is 0 Å². The second-order valence-corrected chi connectivity index (χ2v) is 47.7. The number of carbonyl (C=O) groups excluding carboxylic acids is 10. The molecule has 0 aromatic heterocycles. The van der Waals surface area contributed by atoms with Gasteiger partial charge in [-0.15, -0.1) is 0 Å². The van der Waals surface area contributed by atoms with Crippen LogP contribution in [0.15, 0.2) is 0 Å². The average Bonchev–Trinajstić information content (AvgIpc) is 0.819. The molecule has 18 bridgehead atoms. The fraction of sp³-hybridized carbons (Fsp3) is 0.913. The van der Waals surface area contributed by atoms with Crippen LogP contribution >= 0.6 is 0 Å². The van der Waals surface area contributed by atoms with Gasteiger partial charge in [0.2, 0.25) is 6.10 Å². The fourth-order valence-electron chi connectivity index (χ4n) is 26.9. The molecule has 23 heteroatoms. The summed E-state index contributed by atoms with van der Waals surface area (Å²) in [5.74, 6) is 5.45. The molecule has 0 aromatic rings. The quantitative estimate of drug-likeness (QED) is 0.0334. The highest BCUT2D eigenvalue weighted by Gasteiger charge is 2.67. The van der Waals surface area contributed by atoms with Crippen LogP contribution in [-0.4, -0.2) is 149 Å². The minimum atomic E-state index is -0.842. The van der Waals surface area contributed by atoms with Gasteiger partial charge >= 0.3 is 59.7 Å². The minimum Gasteiger partial charge on any atom is -0.463 e. The predicted octanol–water partition coefficient (Wildman–Crippen LogP) is 27.1. The Morgan fingerprint density at radius 3 is 1.28 bits per heavy atom. The summed E-state index contributed by atoms with van der Waals surface area (Å²) < 4.78 is 61.5. The third kappa shape index (κ3) is 28.9. The molecule has 810 valence electrons. The number of rotatable bonds is 27. The van der Waals surface area contributed by atoms with Gasteiger partial charge in [0.15, 0.2) is 13.4 Å². The Labute approximate surface area is 842 Å². The van der Waals surface area contributed by atoms with E-state index in [1.54, 1.807) is 27.7 Å². The van der Waals surface area contributed by atoms with E-state index in [1.807, 2.05) is 90.0 Å². The molecular formula is C115H212O23. The number of hydrogen-bond acceptors (Lipinski definition) is 23. The van der Waals surface area contributed by atoms with Crippen molar-refractivity contribution < 1.29 is 110 Å². The maximum absolute atomic E-state index is 13.3. The van der Waals surface area contributed by atoms with Crippen LogP contribution in [0.5, 0.6) is 0 Å². The lowest BCUT2D eigenvalue weighted by Crippen LogP contribution is -2.67. The van der Waals surface area contributed by atoms with Crippen molar-refractivity contribution in [3.63, 3.8) is 0 Å². The number of hydrogen-bond donors (Lipinski definition) is 2. The van der Waals surface area contributed by atoms with Gasteiger partial charge < -0.3 is 62.3 Å². The van der Waals surface area contributed by atoms with Crippen molar-refractivity contribution in [2.24, 2.45) is 126 Å². The predicted molar refractivity (Wildman–Crippen MR) is 553 cm³/mol. The van der Waals surface area contributed by atoms with Crippen LogP contribution < -0.4 is 0 Å². The minimum absolute atomic E-state index is 0. The number of esters is 10. The van der Waals surface area contributed by atoms with E-state index in [4.69, 9.17) is 52.1 Å². The summed E-state index contributed by atoms with van der Waals surface area (Å²) in [4.78, 5) is 121. The van der Waals surface area contributed by atoms with Gasteiger partial charge in [0.05, 0.1) is 68.2 Å². The first-order valence-electron chi connectivity index (χ1n) is 50.0. The van der Waals surface area contributed by atoms with Gasteiger partial charge in [0, 0.05) is 37.5 Å². The molecule has 2 N–H and O–H groups in total. The van der Waals surface area contributed by atoms with Gasteiger partial charge in [-0.05, 0) is 365 Å². The van der Waals surface area contributed by atoms with Crippen molar-refractivity contribution in [1.82, 2.24) is 0 Å². The lowest BCUT2D eigenvalue weighted by atomic mass is 9.48. The second-order valence-electron chi connectivity index (χ2n) is 47.7. The monoisotopic (exact) mass is 1960 g/mol. The molecule has 23 nitrogen and oxygen atoms in total. The Balaban J connectivity index is 0.00000164. The van der Waals surface area contributed by atoms with E-state index in [0.29, 0.717) is 80.1 Å². The summed E-state index contributed by atoms with van der Waals surface area (Å²) in [5.41, 5.74) is -5.40. The molecule has 0 radical (unpaired) electrons. The molecule has 19 aliphatic carbocycles. The van der Waals surface area contributed by atoms with Crippen molar-refractivity contribution in [2.45, 2.75) is 524 Å². The van der Waals surface area contributed by atoms with Crippen molar-refractivity contribution in [2.75, 3.05) is 26.6 Å². The lowest BCUT2D eigenvalue weighted by molar-refractivity contribution is -0.264. The standard InChI is InChI=1S/C29H44O5.C18H30O2.C16H22O6.C16H26O4.C14H26O2.C10H16O4.12CH4/c1-4-27(2,3)25(30)34-24-22-8-21-9-23(24)15-29(13-21,14-22)26(31)33-17-32-16-28-10-18-5-19(11-28)7-20(6-18)12-28;1-5-17(3,4)16(19)20-18(6-2)14-8-12-7-13(10-14)11-15(18)9-12;1-4-16(2,3)15(19)20-7-11(17)21-12-8-5-9-10(6-8)14(18)22-13(9)12;1-4-13(2,3)12(17)20-16-7-11-5-14(18,9-16)8-15(19,6-11)10-16;1-5-13(3,4)12(15)16-14(6-2)10-8-7-9-11-14;1-4-10(2,3)9(12)14-7-5-6-13-8(7)11;;;;;;;;;;;;/h18-24H,4-17H2,1-3H3;12-15H,5-11H2,1-4H3;8-10,12-13H,4-7H2,1-3H3;11,18-19H,4-10H2,1-3H3;5-11H2,1-4H3;7H,4-6H2,1-3H3;12*1H4. The molecule has 138 heavy (non-hydrogen) atoms. The largest absolute Gasteiger partial charge is 0.463 e. The topological polar surface area (TPSA) is 313 Å². The zero-order valence-corrected chi connectivity index (χ0v) is 81.1. The number of aliphatic hydroxyl groups is 2. The molecule has 0 aromatic carbocycles. The van der Waals surface area contributed by atoms with Crippen LogP contribution in [0, 0.1) is 126 Å². The third-order valence-corrected chi connectivity index (χ3v) is 35.8. The van der Waals surface area contributed by atoms with Crippen LogP contribution in [0.3, 0.4) is 0 Å². The molecule has 21 rings (SSSR count). The van der Waals surface area contributed by atoms with Gasteiger partial charge in [0.25, 0.3) is 0 Å². The normalized spacial score (nSPS) is 34.5. The highest BCUT2D eigenvalue weighted by molar-refractivity contribution is 5.84. The summed E-state index contributed by atoms with van der Waals surface area (Å²) in [6, 6.07) is 0. The van der Waals surface area contributed by atoms with Crippen molar-refractivity contribution >= 4 is 59.7 Å². The Bertz CT molecular complexity index is 3800. The molecule has 21 fully saturated rings. The van der Waals surface area contributed by atoms with Crippen molar-refractivity contribution in [1.29, 1.82) is 0 Å². The number of carbonyl (C=O) groups is 10. The van der Waals surface area contributed by atoms with E-state index < -0.39 is 62.5 Å². The highest BCUT2D eigenvalue weighted by Crippen LogP contribution is 2.66. The summed E-state index contributed by atoms with van der Waals surface area (Å²) in [6.45, 7) is 40.0. The SMILES string of the molecule is C.C.C.C.C.C.C.C.C.C.C.C.CCC(C)(C)C(=O)OC1(CC)C2CC3CC(C2)CC1C3.CCC(C)(C)C(=O)OC12CC3CC(O)(CC(O)(C3)C1)C2.CCC(C)(C)C(=O)OC1C2CC3CC1CC(C(=O)OCOCC14CC5CC(CC(C5)C1)C4)(C3)C2.CCC(C)(C)C(=O)OC1CCOC1=O.CCC(C)(C)C(=O)OCC(=O)OC1C2CC3C(=O)OC1C3C2.CCC1(OC(=O)C(C)(C)CC)CCCCC1. The lowest BCUT2D eigenvalue weighted by Gasteiger charge is -2.62. The Morgan fingerprint density at radius 2 is 0.833 bits per heavy atom. The maximum atomic E-state index is 13.3. The molecule has 21 aliphatic rings. The second kappa shape index (κ2) is 51.1. The fourth-order valence-corrected chi connectivity index (χ4v) is 26.9. The average molecular weight is 1960 g/mol. The molecule has 2 aliphatic heterocycles. The number of cyclic esters (lactones) is 1. The third-order valence-electron chi connectivity index (χ3n) is 35.8. The summed E-state index contributed by atoms with van der Waals surface area (Å²) in [7, 11) is 0. The number of ether oxygens (including phenoxy) is 11. The van der Waals surface area contributed by atoms with E-state index in [9.17, 15) is 58.2 Å². The zero-order chi connectivity index (χ0) is 92.1. The van der Waals surface area contributed by atoms with Crippen molar-refractivity contribution in [3.8, 4) is 0 Å². The molecule has 2 saturated heterocycles. The molecule has 10 unspecified atom stereocenters. The van der Waals surface area contributed by atoms with E-state index in [0.717, 1.165) is 152 Å². The highest BCUT2D eigenvalue weighted by atomic mass is 16.7. The van der Waals surface area contributed by atoms with E-state index >= 15 is 0 Å². The van der Waals surface area contributed by atoms with Crippen LogP contribution in [-0.2, 0) is 100 Å². The van der Waals surface area contributed by atoms with Gasteiger partial charge in [-0.3, -0.25) is 38.4 Å². The van der Waals surface area contributed by atoms with Gasteiger partial charge in [-0.1, -0.05) is 151 Å². The number of fused-ring (bicyclic) bond motifs is 1. The Hall–Kier alpha value is -5.42. The van der Waals surface area contributed by atoms with Crippen LogP contribution in [0.25, 0.3) is 0 Å². The molecular weight excluding hydrogens is 1750 g/mol. The van der Waals surface area contributed by atoms with Crippen LogP contribution in [0.4, 0.5) is 0 Å². The Morgan fingerprint density at radius 1 is 0.399 bits per heavy atom. The summed E-state index contributed by atoms with van der Waals surface area (Å²) in [6.07, 6.45) is 36.3. The molecule has 2 heterocycles. The molecule has 19 saturated carbocycles. The zero-order valence-electron chi connectivity index (χ0n) is 81.1.